The van der Waals surface area contributed by atoms with Crippen LogP contribution in [0, 0.1) is 0 Å². The number of aryl methyl sites for hydroxylation is 2. The molecule has 1 aromatic heterocycles. The fourth-order valence-electron chi connectivity index (χ4n) is 3.27. The van der Waals surface area contributed by atoms with Crippen LogP contribution in [-0.4, -0.2) is 21.2 Å². The van der Waals surface area contributed by atoms with E-state index in [4.69, 9.17) is 0 Å². The molecule has 1 aliphatic carbocycles. The number of nitrogens with one attached hydrogen (secondary N) is 1. The van der Waals surface area contributed by atoms with Crippen LogP contribution in [0.2, 0.25) is 0 Å². The molecule has 4 rings (SSSR count). The van der Waals surface area contributed by atoms with Crippen molar-refractivity contribution in [3.8, 4) is 0 Å². The molecule has 27 heavy (non-hydrogen) atoms. The van der Waals surface area contributed by atoms with Gasteiger partial charge in [0.25, 0.3) is 0 Å². The molecule has 0 unspecified atom stereocenters. The molecule has 2 aromatic carbocycles. The molecule has 0 saturated heterocycles. The third kappa shape index (κ3) is 4.39. The zero-order chi connectivity index (χ0) is 18.6. The number of hydrogen-bond acceptors (Lipinski definition) is 6. The van der Waals surface area contributed by atoms with Gasteiger partial charge >= 0.3 is 0 Å². The first kappa shape index (κ1) is 18.2. The maximum Gasteiger partial charge on any atom is 0.206 e. The van der Waals surface area contributed by atoms with E-state index in [0.717, 1.165) is 27.9 Å². The van der Waals surface area contributed by atoms with Crippen molar-refractivity contribution >= 4 is 34.0 Å². The zero-order valence-electron chi connectivity index (χ0n) is 15.1. The van der Waals surface area contributed by atoms with E-state index in [2.05, 4.69) is 39.8 Å². The maximum absolute atomic E-state index is 12.8. The molecule has 0 amide bonds. The number of benzene rings is 2. The number of carbonyl (C=O) groups is 1. The minimum Gasteiger partial charge on any atom is -0.356 e. The summed E-state index contributed by atoms with van der Waals surface area (Å²) in [6, 6.07) is 16.3. The summed E-state index contributed by atoms with van der Waals surface area (Å²) >= 11 is 2.97. The fraction of sp³-hybridized carbons (Fsp3) is 0.286. The molecular weight excluding hydrogens is 374 g/mol. The van der Waals surface area contributed by atoms with Crippen molar-refractivity contribution in [1.29, 1.82) is 0 Å². The first-order chi connectivity index (χ1) is 13.2. The lowest BCUT2D eigenvalue weighted by atomic mass is 10.0. The van der Waals surface area contributed by atoms with Crippen LogP contribution in [0.3, 0.4) is 0 Å². The summed E-state index contributed by atoms with van der Waals surface area (Å²) in [5.74, 6) is 0.156. The number of thioether (sulfide) groups is 1. The van der Waals surface area contributed by atoms with E-state index >= 15 is 0 Å². The highest BCUT2D eigenvalue weighted by molar-refractivity contribution is 8.02. The van der Waals surface area contributed by atoms with Crippen LogP contribution in [0.1, 0.15) is 40.4 Å². The smallest absolute Gasteiger partial charge is 0.206 e. The highest BCUT2D eigenvalue weighted by atomic mass is 32.2. The molecular formula is C21H21N3OS2. The summed E-state index contributed by atoms with van der Waals surface area (Å²) in [7, 11) is 0. The van der Waals surface area contributed by atoms with E-state index in [1.54, 1.807) is 0 Å². The van der Waals surface area contributed by atoms with Gasteiger partial charge in [-0.2, -0.15) is 0 Å². The molecule has 0 bridgehead atoms. The standard InChI is InChI=1S/C21H21N3OS2/c1-14(19(25)18-11-10-16-8-5-9-17(16)12-18)26-21-24-23-20(27-21)22-13-15-6-3-2-4-7-15/h2-4,6-7,10-12,14H,5,8-9,13H2,1H3,(H,22,23)/t14-/m0/s1. The predicted octanol–water partition coefficient (Wildman–Crippen LogP) is 5.00. The van der Waals surface area contributed by atoms with Crippen molar-refractivity contribution in [3.63, 3.8) is 0 Å². The number of anilines is 1. The van der Waals surface area contributed by atoms with Crippen LogP contribution in [0.15, 0.2) is 52.9 Å². The van der Waals surface area contributed by atoms with E-state index in [9.17, 15) is 4.79 Å². The summed E-state index contributed by atoms with van der Waals surface area (Å²) in [5, 5.41) is 12.3. The predicted molar refractivity (Wildman–Crippen MR) is 112 cm³/mol. The summed E-state index contributed by atoms with van der Waals surface area (Å²) in [5.41, 5.74) is 4.73. The van der Waals surface area contributed by atoms with E-state index in [0.29, 0.717) is 6.54 Å². The lowest BCUT2D eigenvalue weighted by molar-refractivity contribution is 0.0994. The van der Waals surface area contributed by atoms with E-state index in [1.807, 2.05) is 31.2 Å². The average Bonchev–Trinajstić information content (AvgIpc) is 3.35. The molecule has 0 fully saturated rings. The lowest BCUT2D eigenvalue weighted by Gasteiger charge is -2.09. The van der Waals surface area contributed by atoms with Gasteiger partial charge in [-0.1, -0.05) is 65.6 Å². The first-order valence-corrected chi connectivity index (χ1v) is 10.8. The Morgan fingerprint density at radius 2 is 1.96 bits per heavy atom. The minimum atomic E-state index is -0.181. The quantitative estimate of drug-likeness (QED) is 0.450. The van der Waals surface area contributed by atoms with Crippen LogP contribution in [0.5, 0.6) is 0 Å². The highest BCUT2D eigenvalue weighted by Crippen LogP contribution is 2.31. The molecule has 0 spiro atoms. The number of carbonyl (C=O) groups excluding carboxylic acids is 1. The van der Waals surface area contributed by atoms with Gasteiger partial charge in [-0.05, 0) is 48.9 Å². The monoisotopic (exact) mass is 395 g/mol. The molecule has 1 N–H and O–H groups in total. The number of Topliss-reactive ketones (excluding diaryl/α,β-unsaturated/α-hetero) is 1. The Hall–Kier alpha value is -2.18. The van der Waals surface area contributed by atoms with Crippen molar-refractivity contribution < 1.29 is 4.79 Å². The number of hydrogen-bond donors (Lipinski definition) is 1. The first-order valence-electron chi connectivity index (χ1n) is 9.13. The SMILES string of the molecule is C[C@H](Sc1nnc(NCc2ccccc2)s1)C(=O)c1ccc2c(c1)CCC2. The molecule has 1 aliphatic rings. The van der Waals surface area contributed by atoms with Crippen molar-refractivity contribution in [3.05, 3.63) is 70.8 Å². The Balaban J connectivity index is 1.36. The second-order valence-electron chi connectivity index (χ2n) is 6.67. The third-order valence-electron chi connectivity index (χ3n) is 4.72. The van der Waals surface area contributed by atoms with Crippen LogP contribution < -0.4 is 5.32 Å². The molecule has 0 saturated carbocycles. The molecule has 4 nitrogen and oxygen atoms in total. The van der Waals surface area contributed by atoms with Crippen LogP contribution in [-0.2, 0) is 19.4 Å². The molecule has 0 radical (unpaired) electrons. The Bertz CT molecular complexity index is 940. The largest absolute Gasteiger partial charge is 0.356 e. The van der Waals surface area contributed by atoms with Gasteiger partial charge in [0, 0.05) is 12.1 Å². The normalized spacial score (nSPS) is 14.0. The Labute approximate surface area is 167 Å². The Kier molecular flexibility index (Phi) is 5.55. The second-order valence-corrected chi connectivity index (χ2v) is 9.24. The molecule has 0 aliphatic heterocycles. The van der Waals surface area contributed by atoms with Gasteiger partial charge in [-0.15, -0.1) is 10.2 Å². The summed E-state index contributed by atoms with van der Waals surface area (Å²) in [6.45, 7) is 2.66. The number of rotatable bonds is 7. The van der Waals surface area contributed by atoms with Crippen molar-refractivity contribution in [2.45, 2.75) is 42.3 Å². The highest BCUT2D eigenvalue weighted by Gasteiger charge is 2.21. The van der Waals surface area contributed by atoms with Gasteiger partial charge in [0.05, 0.1) is 5.25 Å². The zero-order valence-corrected chi connectivity index (χ0v) is 16.8. The molecule has 1 heterocycles. The van der Waals surface area contributed by atoms with Gasteiger partial charge < -0.3 is 5.32 Å². The Morgan fingerprint density at radius 3 is 2.81 bits per heavy atom. The van der Waals surface area contributed by atoms with Crippen LogP contribution in [0.25, 0.3) is 0 Å². The summed E-state index contributed by atoms with van der Waals surface area (Å²) in [6.07, 6.45) is 3.42. The van der Waals surface area contributed by atoms with Gasteiger partial charge in [0.15, 0.2) is 10.1 Å². The number of nitrogens with zero attached hydrogens (tertiary/aromatic N) is 2. The summed E-state index contributed by atoms with van der Waals surface area (Å²) in [4.78, 5) is 12.8. The Morgan fingerprint density at radius 1 is 1.15 bits per heavy atom. The van der Waals surface area contributed by atoms with Gasteiger partial charge in [-0.3, -0.25) is 4.79 Å². The molecule has 1 atom stereocenters. The molecule has 3 aromatic rings. The molecule has 138 valence electrons. The number of ketones is 1. The van der Waals surface area contributed by atoms with Gasteiger partial charge in [0.2, 0.25) is 5.13 Å². The minimum absolute atomic E-state index is 0.156. The van der Waals surface area contributed by atoms with Gasteiger partial charge in [-0.25, -0.2) is 0 Å². The molecule has 6 heteroatoms. The average molecular weight is 396 g/mol. The van der Waals surface area contributed by atoms with Crippen LogP contribution >= 0.6 is 23.1 Å². The van der Waals surface area contributed by atoms with Crippen molar-refractivity contribution in [2.75, 3.05) is 5.32 Å². The second kappa shape index (κ2) is 8.23. The van der Waals surface area contributed by atoms with E-state index in [1.165, 1.54) is 46.2 Å². The number of fused-ring (bicyclic) bond motifs is 1. The number of aromatic nitrogens is 2. The third-order valence-corrected chi connectivity index (χ3v) is 6.79. The van der Waals surface area contributed by atoms with Crippen LogP contribution in [0.4, 0.5) is 5.13 Å². The van der Waals surface area contributed by atoms with Crippen molar-refractivity contribution in [1.82, 2.24) is 10.2 Å². The summed E-state index contributed by atoms with van der Waals surface area (Å²) < 4.78 is 0.813. The van der Waals surface area contributed by atoms with E-state index < -0.39 is 0 Å². The lowest BCUT2D eigenvalue weighted by Crippen LogP contribution is -2.13. The van der Waals surface area contributed by atoms with Gasteiger partial charge in [0.1, 0.15) is 0 Å². The topological polar surface area (TPSA) is 54.9 Å². The fourth-order valence-corrected chi connectivity index (χ4v) is 5.24. The van der Waals surface area contributed by atoms with Crippen molar-refractivity contribution in [2.24, 2.45) is 0 Å². The maximum atomic E-state index is 12.8. The van der Waals surface area contributed by atoms with E-state index in [-0.39, 0.29) is 11.0 Å².